The van der Waals surface area contributed by atoms with E-state index in [1.165, 1.54) is 0 Å². The molecule has 0 radical (unpaired) electrons. The molecule has 0 spiro atoms. The maximum absolute atomic E-state index is 5.86. The highest BCUT2D eigenvalue weighted by Crippen LogP contribution is 2.29. The summed E-state index contributed by atoms with van der Waals surface area (Å²) in [6.45, 7) is 3.82. The molecule has 0 amide bonds. The van der Waals surface area contributed by atoms with E-state index in [0.29, 0.717) is 11.6 Å². The predicted octanol–water partition coefficient (Wildman–Crippen LogP) is 3.02. The van der Waals surface area contributed by atoms with Crippen LogP contribution < -0.4 is 10.5 Å². The molecule has 100 valence electrons. The van der Waals surface area contributed by atoms with Gasteiger partial charge in [-0.2, -0.15) is 4.98 Å². The summed E-state index contributed by atoms with van der Waals surface area (Å²) in [6.07, 6.45) is 1.64. The standard InChI is InChI=1S/C15H14N4O/c1-9-8-17-15(16)19-14(9)20-12-5-3-4-11-7-6-10(2)18-13(11)12/h3-8H,1-2H3,(H2,16,17,19). The molecule has 2 N–H and O–H groups in total. The number of ether oxygens (including phenoxy) is 1. The van der Waals surface area contributed by atoms with Crippen LogP contribution in [0.1, 0.15) is 11.3 Å². The predicted molar refractivity (Wildman–Crippen MR) is 77.7 cm³/mol. The molecular weight excluding hydrogens is 252 g/mol. The van der Waals surface area contributed by atoms with Crippen molar-refractivity contribution in [2.24, 2.45) is 0 Å². The van der Waals surface area contributed by atoms with E-state index in [0.717, 1.165) is 22.2 Å². The minimum Gasteiger partial charge on any atom is -0.436 e. The van der Waals surface area contributed by atoms with Crippen molar-refractivity contribution < 1.29 is 4.74 Å². The van der Waals surface area contributed by atoms with Gasteiger partial charge in [-0.05, 0) is 26.0 Å². The summed E-state index contributed by atoms with van der Waals surface area (Å²) in [5.74, 6) is 1.30. The van der Waals surface area contributed by atoms with Crippen molar-refractivity contribution in [1.29, 1.82) is 0 Å². The number of hydrogen-bond donors (Lipinski definition) is 1. The number of nitrogens with zero attached hydrogens (tertiary/aromatic N) is 3. The molecule has 20 heavy (non-hydrogen) atoms. The normalized spacial score (nSPS) is 10.7. The maximum atomic E-state index is 5.86. The minimum absolute atomic E-state index is 0.190. The van der Waals surface area contributed by atoms with Crippen molar-refractivity contribution >= 4 is 16.9 Å². The Morgan fingerprint density at radius 2 is 1.90 bits per heavy atom. The molecule has 0 saturated heterocycles. The largest absolute Gasteiger partial charge is 0.436 e. The summed E-state index contributed by atoms with van der Waals surface area (Å²) in [5, 5.41) is 1.02. The minimum atomic E-state index is 0.190. The van der Waals surface area contributed by atoms with E-state index >= 15 is 0 Å². The van der Waals surface area contributed by atoms with Gasteiger partial charge in [0, 0.05) is 22.8 Å². The third-order valence-corrected chi connectivity index (χ3v) is 2.97. The van der Waals surface area contributed by atoms with Crippen LogP contribution in [0.4, 0.5) is 5.95 Å². The average molecular weight is 266 g/mol. The monoisotopic (exact) mass is 266 g/mol. The van der Waals surface area contributed by atoms with E-state index in [4.69, 9.17) is 10.5 Å². The van der Waals surface area contributed by atoms with E-state index in [9.17, 15) is 0 Å². The van der Waals surface area contributed by atoms with Gasteiger partial charge in [0.05, 0.1) is 0 Å². The fraction of sp³-hybridized carbons (Fsp3) is 0.133. The molecule has 1 aromatic carbocycles. The Bertz CT molecular complexity index is 786. The lowest BCUT2D eigenvalue weighted by Gasteiger charge is -2.10. The van der Waals surface area contributed by atoms with Gasteiger partial charge in [-0.25, -0.2) is 9.97 Å². The third kappa shape index (κ3) is 2.25. The Hall–Kier alpha value is -2.69. The van der Waals surface area contributed by atoms with Gasteiger partial charge in [0.15, 0.2) is 5.75 Å². The van der Waals surface area contributed by atoms with Gasteiger partial charge in [0.1, 0.15) is 5.52 Å². The van der Waals surface area contributed by atoms with Crippen LogP contribution in [0.15, 0.2) is 36.5 Å². The van der Waals surface area contributed by atoms with Crippen LogP contribution in [0.3, 0.4) is 0 Å². The van der Waals surface area contributed by atoms with Crippen molar-refractivity contribution in [2.75, 3.05) is 5.73 Å². The number of fused-ring (bicyclic) bond motifs is 1. The van der Waals surface area contributed by atoms with E-state index < -0.39 is 0 Å². The van der Waals surface area contributed by atoms with Gasteiger partial charge in [-0.1, -0.05) is 18.2 Å². The first-order valence-corrected chi connectivity index (χ1v) is 6.27. The number of para-hydroxylation sites is 1. The van der Waals surface area contributed by atoms with Crippen LogP contribution in [0.25, 0.3) is 10.9 Å². The number of pyridine rings is 1. The van der Waals surface area contributed by atoms with E-state index in [-0.39, 0.29) is 5.95 Å². The molecule has 0 saturated carbocycles. The fourth-order valence-electron chi connectivity index (χ4n) is 1.95. The molecule has 0 aliphatic rings. The molecule has 0 aliphatic heterocycles. The fourth-order valence-corrected chi connectivity index (χ4v) is 1.95. The maximum Gasteiger partial charge on any atom is 0.227 e. The Labute approximate surface area is 116 Å². The first-order chi connectivity index (χ1) is 9.63. The van der Waals surface area contributed by atoms with Crippen molar-refractivity contribution in [3.8, 4) is 11.6 Å². The summed E-state index contributed by atoms with van der Waals surface area (Å²) >= 11 is 0. The first-order valence-electron chi connectivity index (χ1n) is 6.27. The highest BCUT2D eigenvalue weighted by molar-refractivity contribution is 5.84. The molecule has 0 aliphatic carbocycles. The number of aromatic nitrogens is 3. The van der Waals surface area contributed by atoms with Crippen molar-refractivity contribution in [1.82, 2.24) is 15.0 Å². The van der Waals surface area contributed by atoms with Crippen LogP contribution >= 0.6 is 0 Å². The zero-order valence-electron chi connectivity index (χ0n) is 11.3. The molecular formula is C15H14N4O. The van der Waals surface area contributed by atoms with Crippen LogP contribution in [-0.4, -0.2) is 15.0 Å². The van der Waals surface area contributed by atoms with Gasteiger partial charge in [-0.3, -0.25) is 0 Å². The van der Waals surface area contributed by atoms with Crippen molar-refractivity contribution in [3.63, 3.8) is 0 Å². The van der Waals surface area contributed by atoms with Crippen LogP contribution in [-0.2, 0) is 0 Å². The van der Waals surface area contributed by atoms with Gasteiger partial charge in [0.2, 0.25) is 11.8 Å². The second kappa shape index (κ2) is 4.77. The SMILES string of the molecule is Cc1ccc2cccc(Oc3nc(N)ncc3C)c2n1. The summed E-state index contributed by atoms with van der Waals surface area (Å²) in [5.41, 5.74) is 8.17. The molecule has 2 aromatic heterocycles. The zero-order chi connectivity index (χ0) is 14.1. The van der Waals surface area contributed by atoms with Gasteiger partial charge < -0.3 is 10.5 Å². The number of hydrogen-bond acceptors (Lipinski definition) is 5. The molecule has 5 nitrogen and oxygen atoms in total. The molecule has 3 rings (SSSR count). The number of nitrogen functional groups attached to an aromatic ring is 1. The molecule has 0 bridgehead atoms. The summed E-state index contributed by atoms with van der Waals surface area (Å²) in [6, 6.07) is 9.78. The second-order valence-electron chi connectivity index (χ2n) is 4.60. The third-order valence-electron chi connectivity index (χ3n) is 2.97. The second-order valence-corrected chi connectivity index (χ2v) is 4.60. The summed E-state index contributed by atoms with van der Waals surface area (Å²) in [4.78, 5) is 12.6. The molecule has 0 unspecified atom stereocenters. The van der Waals surface area contributed by atoms with Crippen molar-refractivity contribution in [2.45, 2.75) is 13.8 Å². The summed E-state index contributed by atoms with van der Waals surface area (Å²) < 4.78 is 5.86. The van der Waals surface area contributed by atoms with E-state index in [1.807, 2.05) is 44.2 Å². The average Bonchev–Trinajstić information content (AvgIpc) is 2.43. The number of aryl methyl sites for hydroxylation is 2. The lowest BCUT2D eigenvalue weighted by molar-refractivity contribution is 0.462. The van der Waals surface area contributed by atoms with Gasteiger partial charge >= 0.3 is 0 Å². The molecule has 2 heterocycles. The van der Waals surface area contributed by atoms with Gasteiger partial charge in [0.25, 0.3) is 0 Å². The quantitative estimate of drug-likeness (QED) is 0.771. The highest BCUT2D eigenvalue weighted by atomic mass is 16.5. The zero-order valence-corrected chi connectivity index (χ0v) is 11.3. The van der Waals surface area contributed by atoms with E-state index in [2.05, 4.69) is 15.0 Å². The topological polar surface area (TPSA) is 73.9 Å². The Kier molecular flexibility index (Phi) is 2.95. The first kappa shape index (κ1) is 12.3. The lowest BCUT2D eigenvalue weighted by atomic mass is 10.2. The van der Waals surface area contributed by atoms with Crippen LogP contribution in [0.5, 0.6) is 11.6 Å². The number of nitrogens with two attached hydrogens (primary N) is 1. The van der Waals surface area contributed by atoms with Crippen LogP contribution in [0.2, 0.25) is 0 Å². The Balaban J connectivity index is 2.10. The molecule has 3 aromatic rings. The Morgan fingerprint density at radius 1 is 1.05 bits per heavy atom. The van der Waals surface area contributed by atoms with E-state index in [1.54, 1.807) is 6.20 Å². The summed E-state index contributed by atoms with van der Waals surface area (Å²) in [7, 11) is 0. The van der Waals surface area contributed by atoms with Crippen LogP contribution in [0, 0.1) is 13.8 Å². The lowest BCUT2D eigenvalue weighted by Crippen LogP contribution is -1.99. The van der Waals surface area contributed by atoms with Gasteiger partial charge in [-0.15, -0.1) is 0 Å². The number of rotatable bonds is 2. The number of anilines is 1. The highest BCUT2D eigenvalue weighted by Gasteiger charge is 2.09. The molecule has 0 atom stereocenters. The molecule has 5 heteroatoms. The number of benzene rings is 1. The Morgan fingerprint density at radius 3 is 2.75 bits per heavy atom. The molecule has 0 fully saturated rings. The van der Waals surface area contributed by atoms with Crippen molar-refractivity contribution in [3.05, 3.63) is 47.8 Å². The smallest absolute Gasteiger partial charge is 0.227 e.